The fourth-order valence-electron chi connectivity index (χ4n) is 0. The zero-order valence-electron chi connectivity index (χ0n) is 2.89. The molecule has 0 atom stereocenters. The first kappa shape index (κ1) is 16.6. The predicted molar refractivity (Wildman–Crippen MR) is 29.3 cm³/mol. The van der Waals surface area contributed by atoms with Crippen LogP contribution in [0.25, 0.3) is 0 Å². The van der Waals surface area contributed by atoms with Crippen molar-refractivity contribution in [2.75, 3.05) is 7.05 Å². The molecule has 0 bridgehead atoms. The normalized spacial score (nSPS) is 3.40. The van der Waals surface area contributed by atoms with Crippen LogP contribution in [0.1, 0.15) is 0 Å². The third-order valence-electron chi connectivity index (χ3n) is 0. The predicted octanol–water partition coefficient (Wildman–Crippen LogP) is 0.133. The van der Waals surface area contributed by atoms with Gasteiger partial charge in [-0.3, -0.25) is 0 Å². The molecule has 0 spiro atoms. The van der Waals surface area contributed by atoms with E-state index in [9.17, 15) is 0 Å². The highest BCUT2D eigenvalue weighted by molar-refractivity contribution is 6.04. The minimum atomic E-state index is 0. The highest BCUT2D eigenvalue weighted by Gasteiger charge is 1.29. The van der Waals surface area contributed by atoms with Gasteiger partial charge in [0.05, 0.1) is 0 Å². The first-order chi connectivity index (χ1) is 1.41. The fraction of sp³-hybridized carbons (Fsp3) is 1.00. The third-order valence-corrected chi connectivity index (χ3v) is 0. The topological polar surface area (TPSA) is 12.0 Å². The Morgan fingerprint density at radius 2 is 1.40 bits per heavy atom. The molecule has 2 radical (unpaired) electrons. The standard InChI is InChI=1S/CH4N.Al.2ClH/c1-2;;;/h2H,1H3;;2*1H/q-1;+1;;. The summed E-state index contributed by atoms with van der Waals surface area (Å²) in [5, 5.41) is 0. The van der Waals surface area contributed by atoms with E-state index in [2.05, 4.69) is 20.8 Å². The van der Waals surface area contributed by atoms with E-state index >= 15 is 0 Å². The van der Waals surface area contributed by atoms with Gasteiger partial charge in [0.15, 0.2) is 0 Å². The molecule has 0 saturated heterocycles. The smallest absolute Gasteiger partial charge is 0.250 e. The molecule has 0 rings (SSSR count). The lowest BCUT2D eigenvalue weighted by molar-refractivity contribution is 1.27. The second kappa shape index (κ2) is 19.6. The number of halogens is 2. The lowest BCUT2D eigenvalue weighted by atomic mass is 11.6. The number of nitrogens with one attached hydrogen (secondary N) is 1. The van der Waals surface area contributed by atoms with E-state index in [1.165, 1.54) is 0 Å². The van der Waals surface area contributed by atoms with Crippen LogP contribution in [-0.2, 0) is 0 Å². The molecule has 32 valence electrons. The van der Waals surface area contributed by atoms with Gasteiger partial charge in [0.2, 0.25) is 0 Å². The van der Waals surface area contributed by atoms with Gasteiger partial charge in [0.25, 0.3) is 16.5 Å². The summed E-state index contributed by atoms with van der Waals surface area (Å²) in [4.78, 5) is 0. The van der Waals surface area contributed by atoms with E-state index < -0.39 is 0 Å². The summed E-state index contributed by atoms with van der Waals surface area (Å²) in [6, 6.07) is 0. The molecule has 0 saturated carbocycles. The van der Waals surface area contributed by atoms with Crippen molar-refractivity contribution in [3.8, 4) is 0 Å². The molecule has 0 unspecified atom stereocenters. The van der Waals surface area contributed by atoms with Gasteiger partial charge < -0.3 is 4.30 Å². The van der Waals surface area contributed by atoms with Crippen LogP contribution in [-0.4, -0.2) is 23.6 Å². The molecule has 0 amide bonds. The van der Waals surface area contributed by atoms with Crippen molar-refractivity contribution in [2.45, 2.75) is 0 Å². The second-order valence-electron chi connectivity index (χ2n) is 0.289. The second-order valence-corrected chi connectivity index (χ2v) is 0.866. The largest absolute Gasteiger partial charge is 0.417 e. The average molecular weight is 130 g/mol. The number of hydrogen-bond acceptors (Lipinski definition) is 1. The highest BCUT2D eigenvalue weighted by atomic mass is 35.5. The van der Waals surface area contributed by atoms with Gasteiger partial charge in [-0.2, -0.15) is 0 Å². The Labute approximate surface area is 53.0 Å². The number of hydrogen-bond donors (Lipinski definition) is 1. The molecule has 0 aromatic carbocycles. The molecule has 5 heavy (non-hydrogen) atoms. The maximum Gasteiger partial charge on any atom is 0.250 e. The third kappa shape index (κ3) is 41.6. The lowest BCUT2D eigenvalue weighted by Crippen LogP contribution is -1.93. The maximum atomic E-state index is 2.67. The molecule has 1 N–H and O–H groups in total. The van der Waals surface area contributed by atoms with Gasteiger partial charge in [0, 0.05) is 0 Å². The summed E-state index contributed by atoms with van der Waals surface area (Å²) < 4.78 is 2.67. The Kier molecular flexibility index (Phi) is 64.8. The highest BCUT2D eigenvalue weighted by Crippen LogP contribution is 0.933. The zero-order valence-corrected chi connectivity index (χ0v) is 5.68. The summed E-state index contributed by atoms with van der Waals surface area (Å²) in [6.07, 6.45) is 0. The van der Waals surface area contributed by atoms with Crippen LogP contribution in [0.5, 0.6) is 0 Å². The Hall–Kier alpha value is 1.07. The quantitative estimate of drug-likeness (QED) is 0.459. The molecule has 0 aromatic rings. The van der Waals surface area contributed by atoms with Crippen LogP contribution in [0.3, 0.4) is 0 Å². The van der Waals surface area contributed by atoms with Crippen molar-refractivity contribution < 1.29 is 0 Å². The van der Waals surface area contributed by atoms with Crippen molar-refractivity contribution >= 4 is 41.3 Å². The molecule has 1 nitrogen and oxygen atoms in total. The minimum absolute atomic E-state index is 0. The first-order valence-corrected chi connectivity index (χ1v) is 1.37. The summed E-state index contributed by atoms with van der Waals surface area (Å²) in [5.74, 6) is 0. The van der Waals surface area contributed by atoms with E-state index in [-0.39, 0.29) is 24.8 Å². The van der Waals surface area contributed by atoms with Crippen molar-refractivity contribution in [1.29, 1.82) is 0 Å². The first-order valence-electron chi connectivity index (χ1n) is 0.789. The minimum Gasteiger partial charge on any atom is -0.417 e. The van der Waals surface area contributed by atoms with Gasteiger partial charge in [-0.1, -0.05) is 0 Å². The van der Waals surface area contributed by atoms with Gasteiger partial charge >= 0.3 is 0 Å². The monoisotopic (exact) mass is 129 g/mol. The molecule has 4 heteroatoms. The summed E-state index contributed by atoms with van der Waals surface area (Å²) in [5.41, 5.74) is 0. The number of rotatable bonds is 0. The molecule has 0 heterocycles. The molecule has 0 aromatic heterocycles. The van der Waals surface area contributed by atoms with E-state index in [0.717, 1.165) is 0 Å². The molecular formula is CH6AlCl2N. The van der Waals surface area contributed by atoms with Crippen LogP contribution in [0.15, 0.2) is 0 Å². The summed E-state index contributed by atoms with van der Waals surface area (Å²) in [7, 11) is 1.84. The van der Waals surface area contributed by atoms with Crippen molar-refractivity contribution in [3.05, 3.63) is 0 Å². The Morgan fingerprint density at radius 1 is 1.40 bits per heavy atom. The van der Waals surface area contributed by atoms with Crippen LogP contribution < -0.4 is 4.30 Å². The van der Waals surface area contributed by atoms with Gasteiger partial charge in [-0.15, -0.1) is 24.8 Å². The molecule has 0 aliphatic rings. The fourth-order valence-corrected chi connectivity index (χ4v) is 0. The maximum absolute atomic E-state index is 2.67. The van der Waals surface area contributed by atoms with Crippen molar-refractivity contribution in [1.82, 2.24) is 4.30 Å². The zero-order chi connectivity index (χ0) is 2.71. The van der Waals surface area contributed by atoms with Crippen LogP contribution in [0.4, 0.5) is 0 Å². The van der Waals surface area contributed by atoms with E-state index in [4.69, 9.17) is 0 Å². The van der Waals surface area contributed by atoms with Crippen LogP contribution in [0, 0.1) is 0 Å². The summed E-state index contributed by atoms with van der Waals surface area (Å²) >= 11 is 2.33. The Balaban J connectivity index is -0.0000000200. The van der Waals surface area contributed by atoms with Crippen LogP contribution >= 0.6 is 24.8 Å². The lowest BCUT2D eigenvalue weighted by Gasteiger charge is -1.60. The summed E-state index contributed by atoms with van der Waals surface area (Å²) in [6.45, 7) is 0. The molecule has 0 aliphatic carbocycles. The van der Waals surface area contributed by atoms with Crippen LogP contribution in [0.2, 0.25) is 0 Å². The Bertz CT molecular complexity index is 9.61. The van der Waals surface area contributed by atoms with Gasteiger partial charge in [-0.05, 0) is 7.05 Å². The van der Waals surface area contributed by atoms with Gasteiger partial charge in [0.1, 0.15) is 0 Å². The van der Waals surface area contributed by atoms with E-state index in [1.54, 1.807) is 0 Å². The van der Waals surface area contributed by atoms with E-state index in [0.29, 0.717) is 0 Å². The van der Waals surface area contributed by atoms with Crippen molar-refractivity contribution in [2.24, 2.45) is 0 Å². The molecular weight excluding hydrogens is 124 g/mol. The molecule has 0 fully saturated rings. The molecule has 0 aliphatic heterocycles. The Morgan fingerprint density at radius 3 is 1.40 bits per heavy atom. The van der Waals surface area contributed by atoms with Crippen molar-refractivity contribution in [3.63, 3.8) is 0 Å². The van der Waals surface area contributed by atoms with E-state index in [1.807, 2.05) is 7.05 Å². The van der Waals surface area contributed by atoms with Gasteiger partial charge in [-0.25, -0.2) is 0 Å². The average Bonchev–Trinajstić information content (AvgIpc) is 0.918. The SMILES string of the molecule is C[NH][Al].Cl.Cl.